The van der Waals surface area contributed by atoms with E-state index < -0.39 is 24.3 Å². The van der Waals surface area contributed by atoms with Gasteiger partial charge in [-0.15, -0.1) is 0 Å². The van der Waals surface area contributed by atoms with Gasteiger partial charge in [-0.05, 0) is 24.3 Å². The third-order valence-electron chi connectivity index (χ3n) is 2.07. The molecule has 0 saturated heterocycles. The lowest BCUT2D eigenvalue weighted by Crippen LogP contribution is -2.40. The molecule has 0 atom stereocenters. The van der Waals surface area contributed by atoms with Crippen LogP contribution >= 0.6 is 11.6 Å². The second-order valence-electron chi connectivity index (χ2n) is 3.69. The number of carboxylic acids is 1. The Kier molecular flexibility index (Phi) is 6.31. The monoisotopic (exact) mass is 300 g/mol. The molecule has 0 radical (unpaired) electrons. The van der Waals surface area contributed by atoms with Crippen LogP contribution in [0.4, 0.5) is 0 Å². The lowest BCUT2D eigenvalue weighted by Gasteiger charge is -2.07. The molecule has 20 heavy (non-hydrogen) atoms. The first kappa shape index (κ1) is 15.8. The Morgan fingerprint density at radius 1 is 1.05 bits per heavy atom. The van der Waals surface area contributed by atoms with Gasteiger partial charge < -0.3 is 20.5 Å². The minimum absolute atomic E-state index is 0.256. The molecule has 0 aliphatic carbocycles. The Morgan fingerprint density at radius 2 is 1.65 bits per heavy atom. The summed E-state index contributed by atoms with van der Waals surface area (Å²) in [5.74, 6) is -1.77. The van der Waals surface area contributed by atoms with Crippen molar-refractivity contribution in [2.75, 3.05) is 19.7 Å². The molecule has 1 aromatic rings. The molecule has 3 N–H and O–H groups in total. The van der Waals surface area contributed by atoms with Crippen LogP contribution < -0.4 is 15.4 Å². The molecular weight excluding hydrogens is 288 g/mol. The van der Waals surface area contributed by atoms with E-state index in [1.807, 2.05) is 0 Å². The summed E-state index contributed by atoms with van der Waals surface area (Å²) in [6, 6.07) is 6.45. The van der Waals surface area contributed by atoms with Gasteiger partial charge >= 0.3 is 5.97 Å². The zero-order valence-corrected chi connectivity index (χ0v) is 11.1. The first-order valence-corrected chi connectivity index (χ1v) is 5.98. The largest absolute Gasteiger partial charge is 0.484 e. The maximum Gasteiger partial charge on any atom is 0.322 e. The molecule has 108 valence electrons. The number of hydrogen-bond acceptors (Lipinski definition) is 4. The van der Waals surface area contributed by atoms with Gasteiger partial charge in [-0.1, -0.05) is 11.6 Å². The van der Waals surface area contributed by atoms with Crippen molar-refractivity contribution in [3.05, 3.63) is 29.3 Å². The molecule has 0 bridgehead atoms. The fourth-order valence-electron chi connectivity index (χ4n) is 1.15. The molecule has 0 aliphatic heterocycles. The van der Waals surface area contributed by atoms with Crippen molar-refractivity contribution < 1.29 is 24.2 Å². The van der Waals surface area contributed by atoms with Crippen molar-refractivity contribution in [1.29, 1.82) is 0 Å². The fourth-order valence-corrected chi connectivity index (χ4v) is 1.27. The van der Waals surface area contributed by atoms with Crippen LogP contribution in [-0.4, -0.2) is 42.6 Å². The van der Waals surface area contributed by atoms with Crippen LogP contribution in [-0.2, 0) is 14.4 Å². The highest BCUT2D eigenvalue weighted by molar-refractivity contribution is 6.30. The standard InChI is InChI=1S/C12H13ClN2O5/c13-8-1-3-9(4-2-8)20-7-11(17)14-5-10(16)15-6-12(18)19/h1-4H,5-7H2,(H,14,17)(H,15,16)(H,18,19). The number of benzene rings is 1. The molecule has 0 aliphatic rings. The number of carboxylic acid groups (broad SMARTS) is 1. The number of nitrogens with one attached hydrogen (secondary N) is 2. The van der Waals surface area contributed by atoms with Crippen LogP contribution in [0, 0.1) is 0 Å². The van der Waals surface area contributed by atoms with E-state index in [-0.39, 0.29) is 13.2 Å². The van der Waals surface area contributed by atoms with Gasteiger partial charge in [-0.2, -0.15) is 0 Å². The van der Waals surface area contributed by atoms with Gasteiger partial charge in [0.1, 0.15) is 12.3 Å². The molecule has 0 heterocycles. The molecular formula is C12H13ClN2O5. The first-order valence-electron chi connectivity index (χ1n) is 5.61. The molecule has 0 saturated carbocycles. The van der Waals surface area contributed by atoms with Crippen LogP contribution in [0.15, 0.2) is 24.3 Å². The van der Waals surface area contributed by atoms with Crippen molar-refractivity contribution in [3.63, 3.8) is 0 Å². The SMILES string of the molecule is O=C(O)CNC(=O)CNC(=O)COc1ccc(Cl)cc1. The van der Waals surface area contributed by atoms with E-state index in [1.165, 1.54) is 0 Å². The van der Waals surface area contributed by atoms with E-state index in [4.69, 9.17) is 21.4 Å². The average Bonchev–Trinajstić information content (AvgIpc) is 2.42. The van der Waals surface area contributed by atoms with Gasteiger partial charge in [0, 0.05) is 5.02 Å². The fraction of sp³-hybridized carbons (Fsp3) is 0.250. The summed E-state index contributed by atoms with van der Waals surface area (Å²) in [5, 5.41) is 13.3. The third kappa shape index (κ3) is 6.60. The molecule has 2 amide bonds. The summed E-state index contributed by atoms with van der Waals surface area (Å²) in [4.78, 5) is 32.7. The highest BCUT2D eigenvalue weighted by Gasteiger charge is 2.07. The van der Waals surface area contributed by atoms with Gasteiger partial charge in [-0.25, -0.2) is 0 Å². The van der Waals surface area contributed by atoms with E-state index >= 15 is 0 Å². The van der Waals surface area contributed by atoms with Gasteiger partial charge in [0.15, 0.2) is 6.61 Å². The van der Waals surface area contributed by atoms with E-state index in [1.54, 1.807) is 24.3 Å². The smallest absolute Gasteiger partial charge is 0.322 e. The maximum atomic E-state index is 11.4. The molecule has 0 unspecified atom stereocenters. The normalized spacial score (nSPS) is 9.65. The van der Waals surface area contributed by atoms with Crippen LogP contribution in [0.2, 0.25) is 5.02 Å². The molecule has 0 fully saturated rings. The van der Waals surface area contributed by atoms with Gasteiger partial charge in [-0.3, -0.25) is 14.4 Å². The number of carbonyl (C=O) groups is 3. The second kappa shape index (κ2) is 8.00. The zero-order valence-electron chi connectivity index (χ0n) is 10.4. The van der Waals surface area contributed by atoms with E-state index in [0.29, 0.717) is 10.8 Å². The van der Waals surface area contributed by atoms with Crippen LogP contribution in [0.1, 0.15) is 0 Å². The van der Waals surface area contributed by atoms with Crippen molar-refractivity contribution in [2.24, 2.45) is 0 Å². The number of rotatable bonds is 7. The Morgan fingerprint density at radius 3 is 2.25 bits per heavy atom. The lowest BCUT2D eigenvalue weighted by molar-refractivity contribution is -0.137. The topological polar surface area (TPSA) is 105 Å². The third-order valence-corrected chi connectivity index (χ3v) is 2.32. The van der Waals surface area contributed by atoms with Crippen LogP contribution in [0.3, 0.4) is 0 Å². The summed E-state index contributed by atoms with van der Waals surface area (Å²) >= 11 is 5.69. The number of amides is 2. The van der Waals surface area contributed by atoms with E-state index in [0.717, 1.165) is 0 Å². The summed E-state index contributed by atoms with van der Waals surface area (Å²) < 4.78 is 5.16. The van der Waals surface area contributed by atoms with Crippen LogP contribution in [0.5, 0.6) is 5.75 Å². The molecule has 0 spiro atoms. The molecule has 7 nitrogen and oxygen atoms in total. The number of aliphatic carboxylic acids is 1. The number of ether oxygens (including phenoxy) is 1. The van der Waals surface area contributed by atoms with Gasteiger partial charge in [0.2, 0.25) is 5.91 Å². The predicted molar refractivity (Wildman–Crippen MR) is 70.6 cm³/mol. The van der Waals surface area contributed by atoms with Crippen molar-refractivity contribution >= 4 is 29.4 Å². The second-order valence-corrected chi connectivity index (χ2v) is 4.13. The van der Waals surface area contributed by atoms with Gasteiger partial charge in [0.05, 0.1) is 6.54 Å². The zero-order chi connectivity index (χ0) is 15.0. The number of carbonyl (C=O) groups excluding carboxylic acids is 2. The highest BCUT2D eigenvalue weighted by atomic mass is 35.5. The van der Waals surface area contributed by atoms with Crippen molar-refractivity contribution in [3.8, 4) is 5.75 Å². The minimum Gasteiger partial charge on any atom is -0.484 e. The Labute approximate surface area is 119 Å². The minimum atomic E-state index is -1.16. The van der Waals surface area contributed by atoms with Crippen molar-refractivity contribution in [2.45, 2.75) is 0 Å². The Bertz CT molecular complexity index is 489. The maximum absolute atomic E-state index is 11.4. The summed E-state index contributed by atoms with van der Waals surface area (Å²) in [5.41, 5.74) is 0. The molecule has 8 heteroatoms. The first-order chi connectivity index (χ1) is 9.47. The predicted octanol–water partition coefficient (Wildman–Crippen LogP) is 0.0358. The quantitative estimate of drug-likeness (QED) is 0.659. The molecule has 1 rings (SSSR count). The summed E-state index contributed by atoms with van der Waals surface area (Å²) in [6.07, 6.45) is 0. The molecule has 0 aromatic heterocycles. The van der Waals surface area contributed by atoms with Crippen LogP contribution in [0.25, 0.3) is 0 Å². The number of hydrogen-bond donors (Lipinski definition) is 3. The van der Waals surface area contributed by atoms with Gasteiger partial charge in [0.25, 0.3) is 5.91 Å². The summed E-state index contributed by atoms with van der Waals surface area (Å²) in [7, 11) is 0. The highest BCUT2D eigenvalue weighted by Crippen LogP contribution is 2.15. The lowest BCUT2D eigenvalue weighted by atomic mass is 10.3. The van der Waals surface area contributed by atoms with E-state index in [9.17, 15) is 14.4 Å². The molecule has 1 aromatic carbocycles. The summed E-state index contributed by atoms with van der Waals surface area (Å²) in [6.45, 7) is -1.06. The van der Waals surface area contributed by atoms with Crippen molar-refractivity contribution in [1.82, 2.24) is 10.6 Å². The Balaban J connectivity index is 2.21. The average molecular weight is 301 g/mol. The van der Waals surface area contributed by atoms with E-state index in [2.05, 4.69) is 10.6 Å². The Hall–Kier alpha value is -2.28. The number of halogens is 1.